The molecule has 1 aromatic heterocycles. The molecule has 2 aliphatic heterocycles. The molecule has 0 aliphatic carbocycles. The van der Waals surface area contributed by atoms with Crippen molar-refractivity contribution in [3.63, 3.8) is 0 Å². The number of hydrogen-bond donors (Lipinski definition) is 3. The lowest BCUT2D eigenvalue weighted by atomic mass is 9.97. The van der Waals surface area contributed by atoms with Crippen LogP contribution in [0.4, 0.5) is 4.79 Å². The maximum atomic E-state index is 13.4. The van der Waals surface area contributed by atoms with Gasteiger partial charge in [-0.2, -0.15) is 4.68 Å². The number of amides is 3. The number of carbonyl (C=O) groups excluding carboxylic acids is 3. The first kappa shape index (κ1) is 39.4. The van der Waals surface area contributed by atoms with Crippen molar-refractivity contribution in [3.8, 4) is 22.6 Å². The van der Waals surface area contributed by atoms with E-state index in [4.69, 9.17) is 14.2 Å². The fourth-order valence-electron chi connectivity index (χ4n) is 7.01. The van der Waals surface area contributed by atoms with Crippen LogP contribution in [0.2, 0.25) is 0 Å². The number of carbonyl (C=O) groups is 3. The van der Waals surface area contributed by atoms with Crippen LogP contribution < -0.4 is 5.32 Å². The molecule has 3 heterocycles. The Hall–Kier alpha value is -6.39. The van der Waals surface area contributed by atoms with E-state index in [-0.39, 0.29) is 50.0 Å². The number of thioether (sulfide) groups is 1. The molecule has 2 aliphatic rings. The minimum Gasteiger partial charge on any atom is -0.508 e. The highest BCUT2D eigenvalue weighted by Gasteiger charge is 2.40. The highest BCUT2D eigenvalue weighted by atomic mass is 32.2. The molecule has 2 fully saturated rings. The third kappa shape index (κ3) is 9.34. The zero-order chi connectivity index (χ0) is 40.7. The molecule has 6 aromatic rings. The van der Waals surface area contributed by atoms with Crippen LogP contribution in [-0.2, 0) is 43.6 Å². The van der Waals surface area contributed by atoms with E-state index in [0.717, 1.165) is 38.9 Å². The van der Waals surface area contributed by atoms with Crippen LogP contribution >= 0.6 is 11.8 Å². The number of benzene rings is 5. The SMILES string of the molecule is O=C(NC1CC(=O)N(Cc2ccccc2-c2ccc([C@@H]3O[C@H](CSc4nnnn4-c4ccc(O)cc4)C[C@H](c4ccc(CO)cc4)O3)cc2)C1=O)OCc1ccccc1. The number of rotatable bonds is 13. The monoisotopic (exact) mass is 812 g/mol. The van der Waals surface area contributed by atoms with Crippen molar-refractivity contribution in [3.05, 3.63) is 155 Å². The van der Waals surface area contributed by atoms with Crippen molar-refractivity contribution < 1.29 is 38.8 Å². The summed E-state index contributed by atoms with van der Waals surface area (Å²) in [5.74, 6) is -0.210. The Balaban J connectivity index is 0.955. The standard InChI is InChI=1S/C44H40N6O8S/c51-25-28-10-12-31(13-11-28)39-22-36(27-59-43-46-47-48-50(43)34-18-20-35(52)21-19-34)57-42(58-39)32-16-14-30(15-17-32)37-9-5-4-8-33(37)24-49-40(53)23-38(41(49)54)45-44(55)56-26-29-6-2-1-3-7-29/h1-21,36,38-39,42,51-52H,22-27H2,(H,45,55)/t36-,38?,39+,42+/m0/s1. The second-order valence-electron chi connectivity index (χ2n) is 14.1. The maximum Gasteiger partial charge on any atom is 0.408 e. The molecule has 59 heavy (non-hydrogen) atoms. The van der Waals surface area contributed by atoms with Crippen LogP contribution in [0.15, 0.2) is 133 Å². The Morgan fingerprint density at radius 3 is 2.34 bits per heavy atom. The molecule has 14 nitrogen and oxygen atoms in total. The Morgan fingerprint density at radius 1 is 0.847 bits per heavy atom. The number of aliphatic hydroxyl groups is 1. The van der Waals surface area contributed by atoms with Gasteiger partial charge in [0.25, 0.3) is 5.91 Å². The van der Waals surface area contributed by atoms with E-state index in [1.165, 1.54) is 16.7 Å². The van der Waals surface area contributed by atoms with E-state index >= 15 is 0 Å². The highest BCUT2D eigenvalue weighted by Crippen LogP contribution is 2.40. The normalized spacial score (nSPS) is 19.2. The predicted octanol–water partition coefficient (Wildman–Crippen LogP) is 6.42. The van der Waals surface area contributed by atoms with Gasteiger partial charge in [-0.25, -0.2) is 4.79 Å². The molecule has 0 bridgehead atoms. The smallest absolute Gasteiger partial charge is 0.408 e. The van der Waals surface area contributed by atoms with Crippen molar-refractivity contribution in [2.24, 2.45) is 0 Å². The zero-order valence-corrected chi connectivity index (χ0v) is 32.5. The van der Waals surface area contributed by atoms with Crippen molar-refractivity contribution in [1.29, 1.82) is 0 Å². The van der Waals surface area contributed by atoms with Gasteiger partial charge in [-0.3, -0.25) is 14.5 Å². The first-order valence-electron chi connectivity index (χ1n) is 19.0. The lowest BCUT2D eigenvalue weighted by Gasteiger charge is -2.36. The number of likely N-dealkylation sites (tertiary alicyclic amines) is 1. The van der Waals surface area contributed by atoms with Gasteiger partial charge in [-0.15, -0.1) is 5.10 Å². The summed E-state index contributed by atoms with van der Waals surface area (Å²) in [4.78, 5) is 40.1. The molecular formula is C44H40N6O8S. The number of phenolic OH excluding ortho intramolecular Hbond substituents is 1. The van der Waals surface area contributed by atoms with Crippen LogP contribution in [0.25, 0.3) is 16.8 Å². The van der Waals surface area contributed by atoms with E-state index < -0.39 is 24.3 Å². The van der Waals surface area contributed by atoms with E-state index in [2.05, 4.69) is 20.8 Å². The Kier molecular flexibility index (Phi) is 12.1. The Labute approximate surface area is 343 Å². The van der Waals surface area contributed by atoms with Gasteiger partial charge in [0.15, 0.2) is 6.29 Å². The lowest BCUT2D eigenvalue weighted by molar-refractivity contribution is -0.245. The van der Waals surface area contributed by atoms with Crippen LogP contribution in [0.3, 0.4) is 0 Å². The van der Waals surface area contributed by atoms with Gasteiger partial charge >= 0.3 is 6.09 Å². The summed E-state index contributed by atoms with van der Waals surface area (Å²) in [5, 5.41) is 34.7. The summed E-state index contributed by atoms with van der Waals surface area (Å²) in [6.45, 7) is 0.0197. The summed E-state index contributed by atoms with van der Waals surface area (Å²) in [6, 6.07) is 37.8. The fourth-order valence-corrected chi connectivity index (χ4v) is 7.92. The number of ether oxygens (including phenoxy) is 3. The van der Waals surface area contributed by atoms with Crippen LogP contribution in [0.5, 0.6) is 5.75 Å². The molecule has 15 heteroatoms. The summed E-state index contributed by atoms with van der Waals surface area (Å²) in [7, 11) is 0. The minimum atomic E-state index is -1.01. The number of hydrogen-bond acceptors (Lipinski definition) is 12. The first-order chi connectivity index (χ1) is 28.8. The maximum absolute atomic E-state index is 13.4. The first-order valence-corrected chi connectivity index (χ1v) is 20.0. The largest absolute Gasteiger partial charge is 0.508 e. The van der Waals surface area contributed by atoms with Gasteiger partial charge in [0, 0.05) is 17.7 Å². The average molecular weight is 813 g/mol. The number of nitrogens with zero attached hydrogens (tertiary/aromatic N) is 5. The van der Waals surface area contributed by atoms with E-state index in [0.29, 0.717) is 23.0 Å². The van der Waals surface area contributed by atoms with Gasteiger partial charge in [0.2, 0.25) is 11.1 Å². The molecule has 4 atom stereocenters. The second kappa shape index (κ2) is 18.0. The minimum absolute atomic E-state index is 0.0355. The van der Waals surface area contributed by atoms with Crippen LogP contribution in [-0.4, -0.2) is 71.1 Å². The number of aromatic hydroxyl groups is 1. The number of aliphatic hydroxyl groups excluding tert-OH is 1. The fraction of sp³-hybridized carbons (Fsp3) is 0.227. The topological polar surface area (TPSA) is 178 Å². The van der Waals surface area contributed by atoms with Gasteiger partial charge in [-0.05, 0) is 68.1 Å². The van der Waals surface area contributed by atoms with Crippen molar-refractivity contribution in [2.75, 3.05) is 5.75 Å². The molecule has 0 radical (unpaired) electrons. The summed E-state index contributed by atoms with van der Waals surface area (Å²) < 4.78 is 20.0. The predicted molar refractivity (Wildman–Crippen MR) is 216 cm³/mol. The van der Waals surface area contributed by atoms with Crippen molar-refractivity contribution in [1.82, 2.24) is 30.4 Å². The lowest BCUT2D eigenvalue weighted by Crippen LogP contribution is -2.41. The Morgan fingerprint density at radius 2 is 1.58 bits per heavy atom. The van der Waals surface area contributed by atoms with Gasteiger partial charge in [0.1, 0.15) is 18.4 Å². The summed E-state index contributed by atoms with van der Waals surface area (Å²) in [5.41, 5.74) is 6.53. The third-order valence-electron chi connectivity index (χ3n) is 10.1. The highest BCUT2D eigenvalue weighted by molar-refractivity contribution is 7.99. The molecule has 300 valence electrons. The zero-order valence-electron chi connectivity index (χ0n) is 31.7. The molecule has 5 aromatic carbocycles. The Bertz CT molecular complexity index is 2400. The van der Waals surface area contributed by atoms with Gasteiger partial charge < -0.3 is 29.7 Å². The summed E-state index contributed by atoms with van der Waals surface area (Å²) in [6.07, 6.45) is -1.63. The second-order valence-corrected chi connectivity index (χ2v) is 15.1. The van der Waals surface area contributed by atoms with E-state index in [1.807, 2.05) is 103 Å². The molecule has 0 spiro atoms. The number of aromatic nitrogens is 4. The van der Waals surface area contributed by atoms with Crippen LogP contribution in [0, 0.1) is 0 Å². The number of tetrazole rings is 1. The molecule has 0 saturated carbocycles. The van der Waals surface area contributed by atoms with E-state index in [1.54, 1.807) is 28.9 Å². The molecular weight excluding hydrogens is 773 g/mol. The molecule has 2 saturated heterocycles. The van der Waals surface area contributed by atoms with Crippen molar-refractivity contribution >= 4 is 29.7 Å². The molecule has 8 rings (SSSR count). The van der Waals surface area contributed by atoms with Gasteiger partial charge in [0.05, 0.1) is 37.5 Å². The number of nitrogens with one attached hydrogen (secondary N) is 1. The van der Waals surface area contributed by atoms with Crippen molar-refractivity contribution in [2.45, 2.75) is 62.3 Å². The average Bonchev–Trinajstić information content (AvgIpc) is 3.85. The summed E-state index contributed by atoms with van der Waals surface area (Å²) >= 11 is 1.45. The quantitative estimate of drug-likeness (QED) is 0.0863. The molecule has 3 N–H and O–H groups in total. The number of phenols is 1. The third-order valence-corrected chi connectivity index (χ3v) is 11.2. The van der Waals surface area contributed by atoms with Gasteiger partial charge in [-0.1, -0.05) is 115 Å². The molecule has 3 amide bonds. The van der Waals surface area contributed by atoms with E-state index in [9.17, 15) is 24.6 Å². The number of alkyl carbamates (subject to hydrolysis) is 1. The van der Waals surface area contributed by atoms with Crippen LogP contribution in [0.1, 0.15) is 53.1 Å². The number of imide groups is 1. The molecule has 1 unspecified atom stereocenters.